The van der Waals surface area contributed by atoms with E-state index in [1.807, 2.05) is 55.6 Å². The number of pyridine rings is 1. The fourth-order valence-corrected chi connectivity index (χ4v) is 3.01. The van der Waals surface area contributed by atoms with Gasteiger partial charge >= 0.3 is 6.01 Å². The third kappa shape index (κ3) is 4.83. The van der Waals surface area contributed by atoms with Gasteiger partial charge in [-0.2, -0.15) is 9.97 Å². The molecule has 2 aromatic heterocycles. The molecule has 2 heterocycles. The van der Waals surface area contributed by atoms with Gasteiger partial charge in [0.05, 0.1) is 23.7 Å². The first-order chi connectivity index (χ1) is 15.0. The molecule has 0 spiro atoms. The fraction of sp³-hybridized carbons (Fsp3) is 0.208. The highest BCUT2D eigenvalue weighted by Crippen LogP contribution is 2.29. The average Bonchev–Trinajstić information content (AvgIpc) is 2.78. The summed E-state index contributed by atoms with van der Waals surface area (Å²) in [5.41, 5.74) is 2.55. The normalized spacial score (nSPS) is 11.0. The van der Waals surface area contributed by atoms with Crippen molar-refractivity contribution in [2.75, 3.05) is 18.6 Å². The quantitative estimate of drug-likeness (QED) is 0.436. The van der Waals surface area contributed by atoms with Crippen LogP contribution >= 0.6 is 0 Å². The minimum Gasteiger partial charge on any atom is -0.493 e. The number of anilines is 2. The molecule has 0 aliphatic carbocycles. The second-order valence-electron chi connectivity index (χ2n) is 7.58. The Labute approximate surface area is 180 Å². The van der Waals surface area contributed by atoms with E-state index in [1.54, 1.807) is 18.5 Å². The van der Waals surface area contributed by atoms with Crippen LogP contribution in [0.1, 0.15) is 13.8 Å². The van der Waals surface area contributed by atoms with Crippen molar-refractivity contribution in [3.05, 3.63) is 67.0 Å². The van der Waals surface area contributed by atoms with Gasteiger partial charge in [-0.25, -0.2) is 0 Å². The van der Waals surface area contributed by atoms with Gasteiger partial charge in [-0.05, 0) is 60.5 Å². The minimum atomic E-state index is -0.139. The predicted octanol–water partition coefficient (Wildman–Crippen LogP) is 5.33. The summed E-state index contributed by atoms with van der Waals surface area (Å²) in [5, 5.41) is 10.6. The van der Waals surface area contributed by atoms with Crippen LogP contribution in [0.5, 0.6) is 23.4 Å². The number of hydrogen-bond acceptors (Lipinski definition) is 7. The number of aromatic nitrogens is 3. The van der Waals surface area contributed by atoms with Crippen LogP contribution in [0.2, 0.25) is 0 Å². The van der Waals surface area contributed by atoms with Crippen molar-refractivity contribution >= 4 is 22.3 Å². The van der Waals surface area contributed by atoms with E-state index in [0.29, 0.717) is 29.2 Å². The van der Waals surface area contributed by atoms with Gasteiger partial charge in [-0.1, -0.05) is 13.8 Å². The molecule has 0 atom stereocenters. The Bertz CT molecular complexity index is 1160. The monoisotopic (exact) mass is 416 g/mol. The van der Waals surface area contributed by atoms with Crippen LogP contribution in [0, 0.1) is 5.92 Å². The highest BCUT2D eigenvalue weighted by Gasteiger charge is 2.10. The van der Waals surface area contributed by atoms with Crippen LogP contribution < -0.4 is 14.4 Å². The molecule has 0 bridgehead atoms. The van der Waals surface area contributed by atoms with Crippen LogP contribution in [0.3, 0.4) is 0 Å². The SMILES string of the molecule is CC(C)COc1ccc(N(C)c2ccc(Oc3nc(O)c4ccncc4n3)cc2)cc1. The zero-order valence-electron chi connectivity index (χ0n) is 17.7. The lowest BCUT2D eigenvalue weighted by atomic mass is 10.2. The number of nitrogens with zero attached hydrogens (tertiary/aromatic N) is 4. The van der Waals surface area contributed by atoms with Gasteiger partial charge in [0.15, 0.2) is 0 Å². The summed E-state index contributed by atoms with van der Waals surface area (Å²) in [6.07, 6.45) is 3.13. The summed E-state index contributed by atoms with van der Waals surface area (Å²) in [7, 11) is 2.00. The lowest BCUT2D eigenvalue weighted by molar-refractivity contribution is 0.271. The molecule has 0 radical (unpaired) electrons. The van der Waals surface area contributed by atoms with Gasteiger partial charge in [0.25, 0.3) is 0 Å². The van der Waals surface area contributed by atoms with E-state index in [0.717, 1.165) is 17.1 Å². The Morgan fingerprint density at radius 1 is 0.903 bits per heavy atom. The number of rotatable bonds is 7. The number of benzene rings is 2. The molecule has 158 valence electrons. The summed E-state index contributed by atoms with van der Waals surface area (Å²) in [4.78, 5) is 14.4. The van der Waals surface area contributed by atoms with Crippen molar-refractivity contribution in [3.8, 4) is 23.4 Å². The predicted molar refractivity (Wildman–Crippen MR) is 120 cm³/mol. The van der Waals surface area contributed by atoms with E-state index in [9.17, 15) is 5.11 Å². The minimum absolute atomic E-state index is 0.0658. The summed E-state index contributed by atoms with van der Waals surface area (Å²) in [6.45, 7) is 4.95. The summed E-state index contributed by atoms with van der Waals surface area (Å²) in [5.74, 6) is 1.78. The molecule has 7 heteroatoms. The third-order valence-corrected chi connectivity index (χ3v) is 4.70. The first kappa shape index (κ1) is 20.4. The van der Waals surface area contributed by atoms with E-state index >= 15 is 0 Å². The number of ether oxygens (including phenoxy) is 2. The molecule has 0 aliphatic heterocycles. The van der Waals surface area contributed by atoms with Crippen molar-refractivity contribution in [1.82, 2.24) is 15.0 Å². The van der Waals surface area contributed by atoms with Crippen LogP contribution in [0.25, 0.3) is 10.9 Å². The van der Waals surface area contributed by atoms with Crippen LogP contribution in [0.15, 0.2) is 67.0 Å². The molecule has 0 fully saturated rings. The van der Waals surface area contributed by atoms with Gasteiger partial charge in [-0.15, -0.1) is 0 Å². The standard InChI is InChI=1S/C24H24N4O3/c1-16(2)15-30-19-8-4-17(5-9-19)28(3)18-6-10-20(11-7-18)31-24-26-22-14-25-13-12-21(22)23(29)27-24/h4-14,16H,15H2,1-3H3,(H,26,27,29). The Morgan fingerprint density at radius 3 is 2.19 bits per heavy atom. The van der Waals surface area contributed by atoms with Crippen molar-refractivity contribution in [2.24, 2.45) is 5.92 Å². The highest BCUT2D eigenvalue weighted by molar-refractivity contribution is 5.82. The second kappa shape index (κ2) is 8.87. The maximum atomic E-state index is 10.1. The molecule has 0 saturated heterocycles. The molecular formula is C24H24N4O3. The van der Waals surface area contributed by atoms with Gasteiger partial charge in [0.2, 0.25) is 5.88 Å². The lowest BCUT2D eigenvalue weighted by Crippen LogP contribution is -2.09. The maximum Gasteiger partial charge on any atom is 0.325 e. The van der Waals surface area contributed by atoms with Crippen LogP contribution in [0.4, 0.5) is 11.4 Å². The lowest BCUT2D eigenvalue weighted by Gasteiger charge is -2.20. The Hall–Kier alpha value is -3.87. The summed E-state index contributed by atoms with van der Waals surface area (Å²) in [6, 6.07) is 17.3. The Kier molecular flexibility index (Phi) is 5.84. The zero-order chi connectivity index (χ0) is 21.8. The highest BCUT2D eigenvalue weighted by atomic mass is 16.5. The second-order valence-corrected chi connectivity index (χ2v) is 7.58. The van der Waals surface area contributed by atoms with E-state index in [4.69, 9.17) is 9.47 Å². The van der Waals surface area contributed by atoms with Crippen LogP contribution in [-0.4, -0.2) is 33.7 Å². The molecule has 0 amide bonds. The summed E-state index contributed by atoms with van der Waals surface area (Å²) >= 11 is 0. The largest absolute Gasteiger partial charge is 0.493 e. The summed E-state index contributed by atoms with van der Waals surface area (Å²) < 4.78 is 11.5. The smallest absolute Gasteiger partial charge is 0.325 e. The molecule has 31 heavy (non-hydrogen) atoms. The van der Waals surface area contributed by atoms with Gasteiger partial charge in [0.1, 0.15) is 11.5 Å². The van der Waals surface area contributed by atoms with Crippen molar-refractivity contribution in [1.29, 1.82) is 0 Å². The van der Waals surface area contributed by atoms with Gasteiger partial charge in [0, 0.05) is 24.6 Å². The van der Waals surface area contributed by atoms with E-state index in [2.05, 4.69) is 33.7 Å². The van der Waals surface area contributed by atoms with Gasteiger partial charge in [-0.3, -0.25) is 4.98 Å². The third-order valence-electron chi connectivity index (χ3n) is 4.70. The first-order valence-electron chi connectivity index (χ1n) is 10.0. The van der Waals surface area contributed by atoms with Crippen LogP contribution in [-0.2, 0) is 0 Å². The number of aromatic hydroxyl groups is 1. The molecular weight excluding hydrogens is 392 g/mol. The Balaban J connectivity index is 1.45. The van der Waals surface area contributed by atoms with Gasteiger partial charge < -0.3 is 19.5 Å². The molecule has 1 N–H and O–H groups in total. The van der Waals surface area contributed by atoms with E-state index in [-0.39, 0.29) is 11.9 Å². The molecule has 4 aromatic rings. The van der Waals surface area contributed by atoms with E-state index < -0.39 is 0 Å². The topological polar surface area (TPSA) is 80.6 Å². The molecule has 2 aromatic carbocycles. The maximum absolute atomic E-state index is 10.1. The molecule has 0 unspecified atom stereocenters. The number of hydrogen-bond donors (Lipinski definition) is 1. The average molecular weight is 416 g/mol. The number of fused-ring (bicyclic) bond motifs is 1. The van der Waals surface area contributed by atoms with Crippen molar-refractivity contribution < 1.29 is 14.6 Å². The van der Waals surface area contributed by atoms with Crippen molar-refractivity contribution in [3.63, 3.8) is 0 Å². The van der Waals surface area contributed by atoms with Crippen molar-refractivity contribution in [2.45, 2.75) is 13.8 Å². The molecule has 0 aliphatic rings. The Morgan fingerprint density at radius 2 is 1.55 bits per heavy atom. The zero-order valence-corrected chi connectivity index (χ0v) is 17.7. The first-order valence-corrected chi connectivity index (χ1v) is 10.0. The van der Waals surface area contributed by atoms with E-state index in [1.165, 1.54) is 0 Å². The molecule has 7 nitrogen and oxygen atoms in total. The molecule has 0 saturated carbocycles. The fourth-order valence-electron chi connectivity index (χ4n) is 3.01. The molecule has 4 rings (SSSR count).